The van der Waals surface area contributed by atoms with Crippen LogP contribution < -0.4 is 10.9 Å². The fourth-order valence-electron chi connectivity index (χ4n) is 4.15. The Balaban J connectivity index is 1.80. The van der Waals surface area contributed by atoms with Crippen molar-refractivity contribution < 1.29 is 0 Å². The van der Waals surface area contributed by atoms with E-state index in [-0.39, 0.29) is 5.56 Å². The van der Waals surface area contributed by atoms with Crippen LogP contribution in [0.3, 0.4) is 0 Å². The molecule has 1 aliphatic rings. The average molecular weight is 415 g/mol. The molecule has 5 nitrogen and oxygen atoms in total. The van der Waals surface area contributed by atoms with E-state index in [1.54, 1.807) is 0 Å². The van der Waals surface area contributed by atoms with E-state index >= 15 is 0 Å². The Labute approximate surface area is 179 Å². The third-order valence-corrected chi connectivity index (χ3v) is 6.43. The number of fused-ring (bicyclic) bond motifs is 1. The molecule has 0 radical (unpaired) electrons. The minimum absolute atomic E-state index is 0.00963. The highest BCUT2D eigenvalue weighted by Crippen LogP contribution is 2.26. The highest BCUT2D eigenvalue weighted by molar-refractivity contribution is 7.80. The maximum atomic E-state index is 12.9. The fraction of sp³-hybridized carbons (Fsp3) is 0.565. The molecular weight excluding hydrogens is 380 g/mol. The molecular formula is C23H34N4OS. The summed E-state index contributed by atoms with van der Waals surface area (Å²) in [5, 5.41) is 5.28. The molecule has 2 N–H and O–H groups in total. The monoisotopic (exact) mass is 414 g/mol. The van der Waals surface area contributed by atoms with Gasteiger partial charge in [0.25, 0.3) is 5.56 Å². The van der Waals surface area contributed by atoms with Crippen molar-refractivity contribution in [3.8, 4) is 0 Å². The van der Waals surface area contributed by atoms with Gasteiger partial charge in [0.2, 0.25) is 0 Å². The van der Waals surface area contributed by atoms with Gasteiger partial charge in [0.15, 0.2) is 5.11 Å². The molecule has 0 saturated heterocycles. The summed E-state index contributed by atoms with van der Waals surface area (Å²) < 4.78 is 0. The molecule has 1 saturated carbocycles. The predicted octanol–water partition coefficient (Wildman–Crippen LogP) is 3.72. The van der Waals surface area contributed by atoms with Gasteiger partial charge in [-0.05, 0) is 88.5 Å². The van der Waals surface area contributed by atoms with Gasteiger partial charge < -0.3 is 20.1 Å². The zero-order valence-corrected chi connectivity index (χ0v) is 19.0. The lowest BCUT2D eigenvalue weighted by Crippen LogP contribution is -2.45. The normalized spacial score (nSPS) is 14.7. The third-order valence-electron chi connectivity index (χ3n) is 6.05. The molecule has 3 rings (SSSR count). The molecule has 1 fully saturated rings. The third kappa shape index (κ3) is 5.37. The molecule has 6 heteroatoms. The molecule has 29 heavy (non-hydrogen) atoms. The summed E-state index contributed by atoms with van der Waals surface area (Å²) in [5.41, 5.74) is 4.04. The number of nitrogens with zero attached hydrogens (tertiary/aromatic N) is 2. The van der Waals surface area contributed by atoms with Gasteiger partial charge in [0, 0.05) is 18.2 Å². The van der Waals surface area contributed by atoms with Gasteiger partial charge in [-0.1, -0.05) is 25.0 Å². The van der Waals surface area contributed by atoms with Crippen LogP contribution in [0.5, 0.6) is 0 Å². The van der Waals surface area contributed by atoms with Crippen LogP contribution in [0.15, 0.2) is 23.0 Å². The van der Waals surface area contributed by atoms with Crippen LogP contribution in [0.25, 0.3) is 10.9 Å². The summed E-state index contributed by atoms with van der Waals surface area (Å²) in [6.07, 6.45) is 5.79. The van der Waals surface area contributed by atoms with E-state index in [1.807, 2.05) is 6.07 Å². The Morgan fingerprint density at radius 1 is 1.24 bits per heavy atom. The smallest absolute Gasteiger partial charge is 0.253 e. The van der Waals surface area contributed by atoms with Crippen LogP contribution >= 0.6 is 12.2 Å². The molecule has 2 aromatic rings. The second-order valence-corrected chi connectivity index (χ2v) is 8.94. The number of nitrogens with one attached hydrogen (secondary N) is 2. The van der Waals surface area contributed by atoms with E-state index < -0.39 is 0 Å². The molecule has 1 aliphatic carbocycles. The number of pyridine rings is 1. The van der Waals surface area contributed by atoms with Crippen molar-refractivity contribution >= 4 is 28.2 Å². The fourth-order valence-corrected chi connectivity index (χ4v) is 4.46. The van der Waals surface area contributed by atoms with Crippen LogP contribution in [-0.4, -0.2) is 53.1 Å². The molecule has 1 heterocycles. The first kappa shape index (κ1) is 21.8. The highest BCUT2D eigenvalue weighted by atomic mass is 32.1. The number of thiocarbonyl (C=S) groups is 1. The number of H-pyrrole nitrogens is 1. The number of hydrogen-bond donors (Lipinski definition) is 2. The molecule has 1 aromatic carbocycles. The Hall–Kier alpha value is -1.92. The zero-order chi connectivity index (χ0) is 21.0. The van der Waals surface area contributed by atoms with Gasteiger partial charge in [0.05, 0.1) is 12.1 Å². The quantitative estimate of drug-likeness (QED) is 0.534. The average Bonchev–Trinajstić information content (AvgIpc) is 3.21. The second kappa shape index (κ2) is 9.72. The number of aromatic amines is 1. The standard InChI is InChI=1S/C23H34N4OS/c1-16-10-11-18-14-19(22(28)25-21(18)17(16)2)15-27(20-8-5-6-9-20)23(29)24-12-7-13-26(3)4/h10-11,14,20H,5-9,12-13,15H2,1-4H3,(H,24,29)(H,25,28). The summed E-state index contributed by atoms with van der Waals surface area (Å²) >= 11 is 5.76. The minimum atomic E-state index is -0.00963. The number of hydrogen-bond acceptors (Lipinski definition) is 3. The van der Waals surface area contributed by atoms with Gasteiger partial charge in [-0.25, -0.2) is 0 Å². The number of aryl methyl sites for hydroxylation is 2. The lowest BCUT2D eigenvalue weighted by molar-refractivity contribution is 0.301. The van der Waals surface area contributed by atoms with Crippen LogP contribution in [0.4, 0.5) is 0 Å². The first-order chi connectivity index (χ1) is 13.9. The van der Waals surface area contributed by atoms with Crippen LogP contribution in [0, 0.1) is 13.8 Å². The molecule has 0 atom stereocenters. The Morgan fingerprint density at radius 2 is 1.97 bits per heavy atom. The van der Waals surface area contributed by atoms with Gasteiger partial charge in [-0.15, -0.1) is 0 Å². The summed E-state index contributed by atoms with van der Waals surface area (Å²) in [7, 11) is 4.16. The number of aromatic nitrogens is 1. The number of benzene rings is 1. The lowest BCUT2D eigenvalue weighted by atomic mass is 10.0. The van der Waals surface area contributed by atoms with E-state index in [1.165, 1.54) is 18.4 Å². The van der Waals surface area contributed by atoms with Gasteiger partial charge in [-0.3, -0.25) is 4.79 Å². The van der Waals surface area contributed by atoms with Crippen LogP contribution in [0.1, 0.15) is 48.8 Å². The predicted molar refractivity (Wildman–Crippen MR) is 126 cm³/mol. The highest BCUT2D eigenvalue weighted by Gasteiger charge is 2.25. The molecule has 1 aromatic heterocycles. The largest absolute Gasteiger partial charge is 0.363 e. The topological polar surface area (TPSA) is 51.4 Å². The van der Waals surface area contributed by atoms with E-state index in [9.17, 15) is 4.79 Å². The summed E-state index contributed by atoms with van der Waals surface area (Å²) in [5.74, 6) is 0. The van der Waals surface area contributed by atoms with E-state index in [2.05, 4.69) is 60.2 Å². The van der Waals surface area contributed by atoms with Crippen molar-refractivity contribution in [3.63, 3.8) is 0 Å². The van der Waals surface area contributed by atoms with Crippen LogP contribution in [-0.2, 0) is 6.54 Å². The molecule has 158 valence electrons. The Morgan fingerprint density at radius 3 is 2.66 bits per heavy atom. The van der Waals surface area contributed by atoms with Crippen LogP contribution in [0.2, 0.25) is 0 Å². The van der Waals surface area contributed by atoms with Crippen molar-refractivity contribution in [3.05, 3.63) is 45.2 Å². The summed E-state index contributed by atoms with van der Waals surface area (Å²) in [4.78, 5) is 20.4. The zero-order valence-electron chi connectivity index (χ0n) is 18.2. The molecule has 0 bridgehead atoms. The van der Waals surface area contributed by atoms with Gasteiger partial charge in [-0.2, -0.15) is 0 Å². The summed E-state index contributed by atoms with van der Waals surface area (Å²) in [6, 6.07) is 6.66. The van der Waals surface area contributed by atoms with Crippen molar-refractivity contribution in [1.82, 2.24) is 20.1 Å². The Kier molecular flexibility index (Phi) is 7.30. The number of rotatable bonds is 7. The SMILES string of the molecule is Cc1ccc2cc(CN(C(=S)NCCCN(C)C)C3CCCC3)c(=O)[nH]c2c1C. The van der Waals surface area contributed by atoms with Crippen molar-refractivity contribution in [1.29, 1.82) is 0 Å². The lowest BCUT2D eigenvalue weighted by Gasteiger charge is -2.31. The first-order valence-corrected chi connectivity index (χ1v) is 11.1. The molecule has 0 spiro atoms. The first-order valence-electron chi connectivity index (χ1n) is 10.7. The van der Waals surface area contributed by atoms with E-state index in [0.717, 1.165) is 59.5 Å². The van der Waals surface area contributed by atoms with Gasteiger partial charge >= 0.3 is 0 Å². The Bertz CT molecular complexity index is 915. The summed E-state index contributed by atoms with van der Waals surface area (Å²) in [6.45, 7) is 6.57. The minimum Gasteiger partial charge on any atom is -0.363 e. The molecule has 0 unspecified atom stereocenters. The van der Waals surface area contributed by atoms with Crippen molar-refractivity contribution in [2.75, 3.05) is 27.2 Å². The second-order valence-electron chi connectivity index (χ2n) is 8.55. The van der Waals surface area contributed by atoms with Crippen molar-refractivity contribution in [2.24, 2.45) is 0 Å². The van der Waals surface area contributed by atoms with E-state index in [4.69, 9.17) is 12.2 Å². The molecule has 0 amide bonds. The van der Waals surface area contributed by atoms with Crippen molar-refractivity contribution in [2.45, 2.75) is 58.5 Å². The maximum Gasteiger partial charge on any atom is 0.253 e. The molecule has 0 aliphatic heterocycles. The van der Waals surface area contributed by atoms with E-state index in [0.29, 0.717) is 12.6 Å². The maximum absolute atomic E-state index is 12.9. The van der Waals surface area contributed by atoms with Gasteiger partial charge in [0.1, 0.15) is 0 Å².